The number of carbonyl (C=O) groups excluding carboxylic acids is 2. The van der Waals surface area contributed by atoms with Crippen LogP contribution in [0.25, 0.3) is 0 Å². The van der Waals surface area contributed by atoms with Gasteiger partial charge in [0.1, 0.15) is 5.82 Å². The van der Waals surface area contributed by atoms with Gasteiger partial charge < -0.3 is 15.0 Å². The predicted octanol–water partition coefficient (Wildman–Crippen LogP) is 4.98. The van der Waals surface area contributed by atoms with Crippen molar-refractivity contribution in [1.82, 2.24) is 10.2 Å². The molecule has 0 aliphatic carbocycles. The van der Waals surface area contributed by atoms with Gasteiger partial charge in [0.05, 0.1) is 30.8 Å². The normalized spacial score (nSPS) is 17.2. The van der Waals surface area contributed by atoms with Gasteiger partial charge >= 0.3 is 5.97 Å². The second-order valence-electron chi connectivity index (χ2n) is 8.10. The molecule has 0 spiro atoms. The highest BCUT2D eigenvalue weighted by atomic mass is 32.2. The largest absolute Gasteiger partial charge is 0.466 e. The number of ether oxygens (including phenoxy) is 1. The van der Waals surface area contributed by atoms with Gasteiger partial charge in [-0.1, -0.05) is 60.6 Å². The van der Waals surface area contributed by atoms with Crippen LogP contribution in [0.1, 0.15) is 42.5 Å². The molecule has 0 radical (unpaired) electrons. The number of methoxy groups -OCH3 is 1. The second kappa shape index (κ2) is 10.3. The molecular weight excluding hydrogens is 453 g/mol. The molecule has 0 unspecified atom stereocenters. The summed E-state index contributed by atoms with van der Waals surface area (Å²) >= 11 is 1.43. The van der Waals surface area contributed by atoms with Crippen LogP contribution in [0.15, 0.2) is 75.9 Å². The number of hydrogen-bond donors (Lipinski definition) is 1. The van der Waals surface area contributed by atoms with Gasteiger partial charge in [-0.25, -0.2) is 14.2 Å². The van der Waals surface area contributed by atoms with Crippen LogP contribution in [0, 0.1) is 12.7 Å². The lowest BCUT2D eigenvalue weighted by Gasteiger charge is -2.36. The van der Waals surface area contributed by atoms with Crippen LogP contribution in [0.4, 0.5) is 4.39 Å². The van der Waals surface area contributed by atoms with Crippen molar-refractivity contribution >= 4 is 28.8 Å². The summed E-state index contributed by atoms with van der Waals surface area (Å²) in [5.74, 6) is -0.978. The van der Waals surface area contributed by atoms with E-state index in [4.69, 9.17) is 9.73 Å². The van der Waals surface area contributed by atoms with Crippen molar-refractivity contribution in [3.05, 3.63) is 93.4 Å². The minimum atomic E-state index is -0.452. The lowest BCUT2D eigenvalue weighted by Crippen LogP contribution is -2.38. The molecule has 2 aliphatic heterocycles. The molecule has 0 bridgehead atoms. The number of amidine groups is 1. The number of nitrogens with one attached hydrogen (secondary N) is 1. The molecule has 2 aromatic carbocycles. The Morgan fingerprint density at radius 1 is 1.21 bits per heavy atom. The lowest BCUT2D eigenvalue weighted by atomic mass is 9.92. The Hall–Kier alpha value is -3.39. The van der Waals surface area contributed by atoms with E-state index in [2.05, 4.69) is 5.32 Å². The van der Waals surface area contributed by atoms with Gasteiger partial charge in [-0.3, -0.25) is 4.79 Å². The van der Waals surface area contributed by atoms with Crippen molar-refractivity contribution in [1.29, 1.82) is 0 Å². The number of halogens is 1. The van der Waals surface area contributed by atoms with Crippen molar-refractivity contribution in [2.45, 2.75) is 39.3 Å². The Balaban J connectivity index is 1.62. The first kappa shape index (κ1) is 23.8. The lowest BCUT2D eigenvalue weighted by molar-refractivity contribution is -0.136. The number of benzene rings is 2. The number of thioether (sulfide) groups is 1. The van der Waals surface area contributed by atoms with Crippen LogP contribution in [0.2, 0.25) is 0 Å². The molecule has 0 saturated carbocycles. The smallest absolute Gasteiger partial charge is 0.338 e. The van der Waals surface area contributed by atoms with Gasteiger partial charge in [0.15, 0.2) is 5.17 Å². The van der Waals surface area contributed by atoms with Gasteiger partial charge in [0, 0.05) is 12.2 Å². The Morgan fingerprint density at radius 3 is 2.71 bits per heavy atom. The maximum Gasteiger partial charge on any atom is 0.338 e. The molecule has 1 atom stereocenters. The number of rotatable bonds is 7. The van der Waals surface area contributed by atoms with Crippen LogP contribution in [0.3, 0.4) is 0 Å². The van der Waals surface area contributed by atoms with E-state index in [1.165, 1.54) is 31.0 Å². The summed E-state index contributed by atoms with van der Waals surface area (Å²) in [4.78, 5) is 32.4. The number of nitrogens with zero attached hydrogens (tertiary/aromatic N) is 2. The number of esters is 1. The highest BCUT2D eigenvalue weighted by Crippen LogP contribution is 2.45. The molecule has 2 heterocycles. The first-order valence-corrected chi connectivity index (χ1v) is 11.9. The molecule has 8 heteroatoms. The molecule has 176 valence electrons. The molecule has 0 saturated heterocycles. The maximum absolute atomic E-state index is 13.4. The van der Waals surface area contributed by atoms with E-state index in [1.807, 2.05) is 48.4 Å². The molecule has 34 heavy (non-hydrogen) atoms. The molecule has 6 nitrogen and oxygen atoms in total. The zero-order chi connectivity index (χ0) is 24.2. The quantitative estimate of drug-likeness (QED) is 0.568. The van der Waals surface area contributed by atoms with Crippen LogP contribution in [-0.2, 0) is 20.9 Å². The number of amides is 1. The molecule has 1 N–H and O–H groups in total. The highest BCUT2D eigenvalue weighted by molar-refractivity contribution is 8.16. The second-order valence-corrected chi connectivity index (χ2v) is 8.93. The fourth-order valence-electron chi connectivity index (χ4n) is 4.14. The summed E-state index contributed by atoms with van der Waals surface area (Å²) in [6.07, 6.45) is 0.674. The number of aliphatic imine (C=N–C) groups is 1. The average molecular weight is 480 g/mol. The van der Waals surface area contributed by atoms with Crippen molar-refractivity contribution in [3.8, 4) is 0 Å². The molecule has 2 aromatic rings. The number of aryl methyl sites for hydroxylation is 1. The first-order chi connectivity index (χ1) is 16.4. The molecule has 1 amide bonds. The summed E-state index contributed by atoms with van der Waals surface area (Å²) in [5, 5.41) is 5.48. The van der Waals surface area contributed by atoms with Gasteiger partial charge in [-0.15, -0.1) is 0 Å². The van der Waals surface area contributed by atoms with Crippen LogP contribution in [-0.4, -0.2) is 29.1 Å². The molecular formula is C26H26FN3O3S. The van der Waals surface area contributed by atoms with E-state index < -0.39 is 12.0 Å². The predicted molar refractivity (Wildman–Crippen MR) is 131 cm³/mol. The molecule has 0 fully saturated rings. The average Bonchev–Trinajstić information content (AvgIpc) is 3.23. The Labute approximate surface area is 202 Å². The number of carbonyl (C=O) groups is 2. The number of hydrogen-bond acceptors (Lipinski definition) is 6. The van der Waals surface area contributed by atoms with Crippen molar-refractivity contribution < 1.29 is 18.7 Å². The van der Waals surface area contributed by atoms with Gasteiger partial charge in [0.25, 0.3) is 0 Å². The van der Waals surface area contributed by atoms with Crippen LogP contribution < -0.4 is 5.32 Å². The summed E-state index contributed by atoms with van der Waals surface area (Å²) in [5.41, 5.74) is 4.57. The van der Waals surface area contributed by atoms with Gasteiger partial charge in [0.2, 0.25) is 5.91 Å². The van der Waals surface area contributed by atoms with Gasteiger partial charge in [-0.05, 0) is 42.0 Å². The van der Waals surface area contributed by atoms with E-state index in [0.29, 0.717) is 23.3 Å². The maximum atomic E-state index is 13.4. The van der Waals surface area contributed by atoms with E-state index >= 15 is 0 Å². The third-order valence-electron chi connectivity index (χ3n) is 5.71. The summed E-state index contributed by atoms with van der Waals surface area (Å²) in [6.45, 7) is 4.19. The molecule has 2 aliphatic rings. The van der Waals surface area contributed by atoms with Crippen LogP contribution >= 0.6 is 11.8 Å². The Morgan fingerprint density at radius 2 is 2.00 bits per heavy atom. The minimum Gasteiger partial charge on any atom is -0.466 e. The summed E-state index contributed by atoms with van der Waals surface area (Å²) < 4.78 is 18.6. The minimum absolute atomic E-state index is 0.0968. The zero-order valence-corrected chi connectivity index (χ0v) is 20.1. The molecule has 0 aromatic heterocycles. The van der Waals surface area contributed by atoms with Crippen molar-refractivity contribution in [3.63, 3.8) is 0 Å². The highest BCUT2D eigenvalue weighted by Gasteiger charge is 2.41. The number of allylic oxidation sites excluding steroid dienone is 1. The first-order valence-electron chi connectivity index (χ1n) is 11.0. The number of fused-ring (bicyclic) bond motifs is 1. The zero-order valence-electron chi connectivity index (χ0n) is 19.3. The van der Waals surface area contributed by atoms with E-state index in [0.717, 1.165) is 22.0 Å². The van der Waals surface area contributed by atoms with E-state index in [-0.39, 0.29) is 24.7 Å². The Kier molecular flexibility index (Phi) is 7.17. The fraction of sp³-hybridized carbons (Fsp3) is 0.269. The van der Waals surface area contributed by atoms with E-state index in [9.17, 15) is 14.0 Å². The topological polar surface area (TPSA) is 71.0 Å². The third kappa shape index (κ3) is 4.92. The SMILES string of the molecule is CCC1=C(C(=O)OC)[C@H](c2cccc(C)c2)N2C(CC(=O)NCc3cccc(F)c3)=CSC2=N1. The van der Waals surface area contributed by atoms with Gasteiger partial charge in [-0.2, -0.15) is 0 Å². The van der Waals surface area contributed by atoms with Crippen molar-refractivity contribution in [2.24, 2.45) is 4.99 Å². The molecule has 4 rings (SSSR count). The summed E-state index contributed by atoms with van der Waals surface area (Å²) in [7, 11) is 1.37. The van der Waals surface area contributed by atoms with E-state index in [1.54, 1.807) is 12.1 Å². The third-order valence-corrected chi connectivity index (χ3v) is 6.60. The standard InChI is InChI=1S/C26H26FN3O3S/c1-4-21-23(25(32)33-3)24(18-9-5-7-16(2)11-18)30-20(15-34-26(30)29-21)13-22(31)28-14-17-8-6-10-19(27)12-17/h5-12,15,24H,4,13-14H2,1-3H3,(H,28,31)/t24-/m0/s1. The Bertz CT molecular complexity index is 1220. The fourth-order valence-corrected chi connectivity index (χ4v) is 5.08. The van der Waals surface area contributed by atoms with Crippen molar-refractivity contribution in [2.75, 3.05) is 7.11 Å². The van der Waals surface area contributed by atoms with Crippen LogP contribution in [0.5, 0.6) is 0 Å². The summed E-state index contributed by atoms with van der Waals surface area (Å²) in [6, 6.07) is 13.6. The monoisotopic (exact) mass is 479 g/mol.